The average molecular weight is 495 g/mol. The number of amides is 1. The van der Waals surface area contributed by atoms with Crippen LogP contribution in [0.2, 0.25) is 0 Å². The lowest BCUT2D eigenvalue weighted by molar-refractivity contribution is -0.128. The van der Waals surface area contributed by atoms with Gasteiger partial charge in [-0.2, -0.15) is 0 Å². The van der Waals surface area contributed by atoms with Crippen molar-refractivity contribution in [1.82, 2.24) is 20.5 Å². The number of benzene rings is 3. The van der Waals surface area contributed by atoms with Gasteiger partial charge in [0.2, 0.25) is 5.91 Å². The van der Waals surface area contributed by atoms with E-state index >= 15 is 0 Å². The molecule has 0 aliphatic carbocycles. The Bertz CT molecular complexity index is 1450. The minimum absolute atomic E-state index is 0.0513. The number of para-hydroxylation sites is 2. The van der Waals surface area contributed by atoms with Crippen LogP contribution in [0.5, 0.6) is 0 Å². The van der Waals surface area contributed by atoms with E-state index in [4.69, 9.17) is 4.42 Å². The predicted octanol–water partition coefficient (Wildman–Crippen LogP) is 5.42. The van der Waals surface area contributed by atoms with Crippen LogP contribution in [0, 0.1) is 0 Å². The molecule has 2 aromatic heterocycles. The topological polar surface area (TPSA) is 73.3 Å². The van der Waals surface area contributed by atoms with Crippen molar-refractivity contribution in [2.45, 2.75) is 31.5 Å². The molecule has 0 spiro atoms. The van der Waals surface area contributed by atoms with Gasteiger partial charge in [0.1, 0.15) is 11.3 Å². The number of aromatic nitrogens is 1. The SMILES string of the molecule is CN(C)C[C@H](NC(=O)[C@@](C)(Cc1c[nH]c2ccccc12)NCc1cc2ccccc2o1)c1ccccc1. The molecule has 190 valence electrons. The number of furan rings is 1. The summed E-state index contributed by atoms with van der Waals surface area (Å²) in [7, 11) is 4.04. The second kappa shape index (κ2) is 10.6. The van der Waals surface area contributed by atoms with Gasteiger partial charge in [-0.15, -0.1) is 0 Å². The Labute approximate surface area is 217 Å². The highest BCUT2D eigenvalue weighted by Crippen LogP contribution is 2.25. The Morgan fingerprint density at radius 3 is 2.51 bits per heavy atom. The van der Waals surface area contributed by atoms with E-state index in [1.54, 1.807) is 0 Å². The highest BCUT2D eigenvalue weighted by Gasteiger charge is 2.35. The van der Waals surface area contributed by atoms with E-state index in [1.165, 1.54) is 0 Å². The van der Waals surface area contributed by atoms with Crippen LogP contribution in [0.3, 0.4) is 0 Å². The van der Waals surface area contributed by atoms with Crippen molar-refractivity contribution in [3.8, 4) is 0 Å². The number of hydrogen-bond donors (Lipinski definition) is 3. The Morgan fingerprint density at radius 1 is 1.00 bits per heavy atom. The number of nitrogens with one attached hydrogen (secondary N) is 3. The molecule has 0 saturated heterocycles. The molecule has 0 radical (unpaired) electrons. The van der Waals surface area contributed by atoms with Crippen molar-refractivity contribution in [1.29, 1.82) is 0 Å². The van der Waals surface area contributed by atoms with Gasteiger partial charge in [-0.05, 0) is 50.3 Å². The Kier molecular flexibility index (Phi) is 7.12. The van der Waals surface area contributed by atoms with Gasteiger partial charge in [0.05, 0.1) is 18.1 Å². The normalized spacial score (nSPS) is 14.2. The van der Waals surface area contributed by atoms with Crippen molar-refractivity contribution in [3.05, 3.63) is 108 Å². The van der Waals surface area contributed by atoms with Crippen LogP contribution in [0.25, 0.3) is 21.9 Å². The summed E-state index contributed by atoms with van der Waals surface area (Å²) < 4.78 is 6.04. The van der Waals surface area contributed by atoms with E-state index < -0.39 is 5.54 Å². The van der Waals surface area contributed by atoms with Gasteiger partial charge in [-0.3, -0.25) is 10.1 Å². The maximum Gasteiger partial charge on any atom is 0.240 e. The minimum Gasteiger partial charge on any atom is -0.460 e. The molecule has 3 N–H and O–H groups in total. The molecule has 2 atom stereocenters. The third kappa shape index (κ3) is 5.61. The first-order valence-electron chi connectivity index (χ1n) is 12.7. The van der Waals surface area contributed by atoms with E-state index in [1.807, 2.05) is 87.9 Å². The number of carbonyl (C=O) groups excluding carboxylic acids is 1. The number of aromatic amines is 1. The average Bonchev–Trinajstić information content (AvgIpc) is 3.51. The lowest BCUT2D eigenvalue weighted by Gasteiger charge is -2.33. The summed E-state index contributed by atoms with van der Waals surface area (Å²) in [6.45, 7) is 3.11. The van der Waals surface area contributed by atoms with E-state index in [2.05, 4.69) is 44.8 Å². The molecule has 2 heterocycles. The van der Waals surface area contributed by atoms with Crippen molar-refractivity contribution < 1.29 is 9.21 Å². The van der Waals surface area contributed by atoms with Crippen LogP contribution < -0.4 is 10.6 Å². The van der Waals surface area contributed by atoms with Gasteiger partial charge < -0.3 is 19.6 Å². The van der Waals surface area contributed by atoms with Crippen LogP contribution in [0.15, 0.2) is 95.5 Å². The fourth-order valence-electron chi connectivity index (χ4n) is 4.89. The van der Waals surface area contributed by atoms with E-state index in [-0.39, 0.29) is 11.9 Å². The molecular formula is C31H34N4O2. The molecule has 5 rings (SSSR count). The molecule has 3 aromatic carbocycles. The summed E-state index contributed by atoms with van der Waals surface area (Å²) in [5.41, 5.74) is 3.19. The van der Waals surface area contributed by atoms with Gasteiger partial charge in [-0.25, -0.2) is 0 Å². The summed E-state index contributed by atoms with van der Waals surface area (Å²) in [6.07, 6.45) is 2.53. The highest BCUT2D eigenvalue weighted by atomic mass is 16.3. The first-order chi connectivity index (χ1) is 17.9. The molecule has 0 fully saturated rings. The van der Waals surface area contributed by atoms with Crippen molar-refractivity contribution in [2.24, 2.45) is 0 Å². The zero-order valence-corrected chi connectivity index (χ0v) is 21.6. The molecule has 0 aliphatic rings. The van der Waals surface area contributed by atoms with Crippen molar-refractivity contribution in [3.63, 3.8) is 0 Å². The number of H-pyrrole nitrogens is 1. The Hall–Kier alpha value is -3.87. The zero-order chi connectivity index (χ0) is 25.8. The molecule has 0 bridgehead atoms. The summed E-state index contributed by atoms with van der Waals surface area (Å²) in [5, 5.41) is 9.08. The van der Waals surface area contributed by atoms with Gasteiger partial charge in [-0.1, -0.05) is 66.7 Å². The van der Waals surface area contributed by atoms with Gasteiger partial charge in [0, 0.05) is 35.5 Å². The maximum absolute atomic E-state index is 14.1. The molecule has 5 aromatic rings. The number of fused-ring (bicyclic) bond motifs is 2. The maximum atomic E-state index is 14.1. The second-order valence-electron chi connectivity index (χ2n) is 10.2. The van der Waals surface area contributed by atoms with Crippen LogP contribution >= 0.6 is 0 Å². The monoisotopic (exact) mass is 494 g/mol. The predicted molar refractivity (Wildman–Crippen MR) is 149 cm³/mol. The molecule has 1 amide bonds. The lowest BCUT2D eigenvalue weighted by Crippen LogP contribution is -2.57. The van der Waals surface area contributed by atoms with Crippen molar-refractivity contribution >= 4 is 27.8 Å². The van der Waals surface area contributed by atoms with Gasteiger partial charge >= 0.3 is 0 Å². The number of hydrogen-bond acceptors (Lipinski definition) is 4. The third-order valence-corrected chi connectivity index (χ3v) is 6.90. The molecule has 37 heavy (non-hydrogen) atoms. The number of likely N-dealkylation sites (N-methyl/N-ethyl adjacent to an activating group) is 1. The summed E-state index contributed by atoms with van der Waals surface area (Å²) in [4.78, 5) is 19.5. The second-order valence-corrected chi connectivity index (χ2v) is 10.2. The van der Waals surface area contributed by atoms with E-state index in [9.17, 15) is 4.79 Å². The van der Waals surface area contributed by atoms with Gasteiger partial charge in [0.25, 0.3) is 0 Å². The fourth-order valence-corrected chi connectivity index (χ4v) is 4.89. The minimum atomic E-state index is -0.886. The Balaban J connectivity index is 1.44. The third-order valence-electron chi connectivity index (χ3n) is 6.90. The summed E-state index contributed by atoms with van der Waals surface area (Å²) in [5.74, 6) is 0.747. The zero-order valence-electron chi connectivity index (χ0n) is 21.6. The van der Waals surface area contributed by atoms with Gasteiger partial charge in [0.15, 0.2) is 0 Å². The smallest absolute Gasteiger partial charge is 0.240 e. The largest absolute Gasteiger partial charge is 0.460 e. The summed E-state index contributed by atoms with van der Waals surface area (Å²) in [6, 6.07) is 28.2. The van der Waals surface area contributed by atoms with E-state index in [0.717, 1.165) is 38.8 Å². The Morgan fingerprint density at radius 2 is 1.73 bits per heavy atom. The molecule has 0 unspecified atom stereocenters. The lowest BCUT2D eigenvalue weighted by atomic mass is 9.90. The van der Waals surface area contributed by atoms with E-state index in [0.29, 0.717) is 19.5 Å². The summed E-state index contributed by atoms with van der Waals surface area (Å²) >= 11 is 0. The molecule has 0 aliphatic heterocycles. The van der Waals surface area contributed by atoms with Crippen LogP contribution in [0.1, 0.15) is 29.9 Å². The highest BCUT2D eigenvalue weighted by molar-refractivity contribution is 5.89. The molecule has 6 nitrogen and oxygen atoms in total. The quantitative estimate of drug-likeness (QED) is 0.242. The van der Waals surface area contributed by atoms with Crippen LogP contribution in [-0.2, 0) is 17.8 Å². The number of nitrogens with zero attached hydrogens (tertiary/aromatic N) is 1. The standard InChI is InChI=1S/C31H34N4O2/c1-31(18-24-19-32-27-15-9-8-14-26(24)27,33-20-25-17-23-13-7-10-16-29(23)37-25)30(36)34-28(21-35(2)3)22-11-5-4-6-12-22/h4-17,19,28,32-33H,18,20-21H2,1-3H3,(H,34,36)/t28-,31+/m0/s1. The fraction of sp³-hybridized carbons (Fsp3) is 0.258. The van der Waals surface area contributed by atoms with Crippen LogP contribution in [-0.4, -0.2) is 42.0 Å². The molecular weight excluding hydrogens is 460 g/mol. The first-order valence-corrected chi connectivity index (χ1v) is 12.7. The molecule has 0 saturated carbocycles. The first kappa shape index (κ1) is 24.8. The van der Waals surface area contributed by atoms with Crippen molar-refractivity contribution in [2.75, 3.05) is 20.6 Å². The van der Waals surface area contributed by atoms with Crippen LogP contribution in [0.4, 0.5) is 0 Å². The molecule has 6 heteroatoms. The number of carbonyl (C=O) groups is 1. The number of rotatable bonds is 10.